The van der Waals surface area contributed by atoms with Gasteiger partial charge in [0.05, 0.1) is 6.04 Å². The maximum atomic E-state index is 2.69. The first kappa shape index (κ1) is 21.1. The minimum absolute atomic E-state index is 0.367. The Hall–Kier alpha value is -3.20. The molecular weight excluding hydrogens is 424 g/mol. The number of allylic oxidation sites excluding steroid dienone is 5. The highest BCUT2D eigenvalue weighted by Gasteiger charge is 2.28. The van der Waals surface area contributed by atoms with Crippen molar-refractivity contribution >= 4 is 5.57 Å². The number of hydrogen-bond acceptors (Lipinski definition) is 2. The fourth-order valence-corrected chi connectivity index (χ4v) is 6.53. The summed E-state index contributed by atoms with van der Waals surface area (Å²) in [5.74, 6) is 0. The van der Waals surface area contributed by atoms with E-state index < -0.39 is 0 Å². The number of hydrogen-bond donors (Lipinski definition) is 0. The Morgan fingerprint density at radius 2 is 1.54 bits per heavy atom. The molecule has 7 rings (SSSR count). The predicted molar refractivity (Wildman–Crippen MR) is 145 cm³/mol. The van der Waals surface area contributed by atoms with Crippen LogP contribution in [0.2, 0.25) is 0 Å². The highest BCUT2D eigenvalue weighted by atomic mass is 15.3. The van der Waals surface area contributed by atoms with E-state index in [-0.39, 0.29) is 0 Å². The quantitative estimate of drug-likeness (QED) is 0.335. The van der Waals surface area contributed by atoms with Crippen molar-refractivity contribution in [2.24, 2.45) is 0 Å². The van der Waals surface area contributed by atoms with Crippen molar-refractivity contribution in [3.05, 3.63) is 124 Å². The van der Waals surface area contributed by atoms with Gasteiger partial charge in [-0.05, 0) is 69.4 Å². The second-order valence-electron chi connectivity index (χ2n) is 10.4. The van der Waals surface area contributed by atoms with Crippen molar-refractivity contribution < 1.29 is 0 Å². The van der Waals surface area contributed by atoms with Crippen molar-refractivity contribution in [2.75, 3.05) is 26.2 Å². The first-order valence-electron chi connectivity index (χ1n) is 13.2. The second-order valence-corrected chi connectivity index (χ2v) is 10.4. The summed E-state index contributed by atoms with van der Waals surface area (Å²) in [5.41, 5.74) is 13.1. The van der Waals surface area contributed by atoms with Gasteiger partial charge in [-0.25, -0.2) is 0 Å². The van der Waals surface area contributed by atoms with Gasteiger partial charge in [-0.15, -0.1) is 0 Å². The number of nitrogens with zero attached hydrogens (tertiary/aromatic N) is 2. The van der Waals surface area contributed by atoms with E-state index in [4.69, 9.17) is 0 Å². The van der Waals surface area contributed by atoms with Crippen LogP contribution >= 0.6 is 0 Å². The largest absolute Gasteiger partial charge is 0.297 e. The molecule has 1 fully saturated rings. The molecule has 4 aliphatic rings. The van der Waals surface area contributed by atoms with Gasteiger partial charge < -0.3 is 0 Å². The van der Waals surface area contributed by atoms with Crippen LogP contribution in [0.4, 0.5) is 0 Å². The van der Waals surface area contributed by atoms with Crippen LogP contribution in [0, 0.1) is 0 Å². The van der Waals surface area contributed by atoms with Crippen molar-refractivity contribution in [3.63, 3.8) is 0 Å². The molecule has 0 amide bonds. The van der Waals surface area contributed by atoms with Gasteiger partial charge in [0.2, 0.25) is 0 Å². The summed E-state index contributed by atoms with van der Waals surface area (Å²) in [7, 11) is 0. The number of rotatable bonds is 3. The molecule has 0 aromatic heterocycles. The first-order valence-corrected chi connectivity index (χ1v) is 13.2. The van der Waals surface area contributed by atoms with Gasteiger partial charge in [0, 0.05) is 32.7 Å². The van der Waals surface area contributed by atoms with Crippen LogP contribution in [0.3, 0.4) is 0 Å². The smallest absolute Gasteiger partial charge is 0.0541 e. The van der Waals surface area contributed by atoms with E-state index in [1.165, 1.54) is 50.1 Å². The third kappa shape index (κ3) is 3.82. The molecule has 3 aromatic rings. The monoisotopic (exact) mass is 456 g/mol. The van der Waals surface area contributed by atoms with E-state index in [0.717, 1.165) is 52.0 Å². The Morgan fingerprint density at radius 3 is 2.46 bits per heavy atom. The minimum Gasteiger partial charge on any atom is -0.297 e. The molecule has 174 valence electrons. The summed E-state index contributed by atoms with van der Waals surface area (Å²) < 4.78 is 0. The van der Waals surface area contributed by atoms with Crippen LogP contribution in [0.1, 0.15) is 46.7 Å². The van der Waals surface area contributed by atoms with Gasteiger partial charge in [-0.1, -0.05) is 91.0 Å². The van der Waals surface area contributed by atoms with Crippen LogP contribution in [0.5, 0.6) is 0 Å². The lowest BCUT2D eigenvalue weighted by atomic mass is 9.89. The van der Waals surface area contributed by atoms with Crippen LogP contribution < -0.4 is 0 Å². The maximum absolute atomic E-state index is 2.69. The average Bonchev–Trinajstić information content (AvgIpc) is 3.19. The zero-order chi connectivity index (χ0) is 23.2. The second kappa shape index (κ2) is 8.78. The molecule has 0 bridgehead atoms. The lowest BCUT2D eigenvalue weighted by Gasteiger charge is -2.39. The van der Waals surface area contributed by atoms with Gasteiger partial charge in [-0.2, -0.15) is 0 Å². The summed E-state index contributed by atoms with van der Waals surface area (Å²) in [6.07, 6.45) is 12.9. The molecule has 3 aromatic carbocycles. The number of benzene rings is 3. The van der Waals surface area contributed by atoms with E-state index in [1.54, 1.807) is 0 Å². The summed E-state index contributed by atoms with van der Waals surface area (Å²) in [6, 6.07) is 25.5. The van der Waals surface area contributed by atoms with E-state index in [1.807, 2.05) is 0 Å². The van der Waals surface area contributed by atoms with Crippen LogP contribution in [-0.4, -0.2) is 36.0 Å². The minimum atomic E-state index is 0.367. The molecule has 1 atom stereocenters. The van der Waals surface area contributed by atoms with Gasteiger partial charge in [0.1, 0.15) is 0 Å². The summed E-state index contributed by atoms with van der Waals surface area (Å²) in [5, 5.41) is 0. The normalized spacial score (nSPS) is 21.3. The van der Waals surface area contributed by atoms with Crippen LogP contribution in [-0.2, 0) is 13.0 Å². The SMILES string of the molecule is C1=CC2=C(CC1)c1ccccc1C(N1CCN(Cc3ccc4c(c3)Cc3ccccc3-4)CC1)C=C2. The van der Waals surface area contributed by atoms with Gasteiger partial charge in [0.25, 0.3) is 0 Å². The fraction of sp³-hybridized carbons (Fsp3) is 0.273. The highest BCUT2D eigenvalue weighted by molar-refractivity contribution is 5.78. The molecule has 0 saturated carbocycles. The average molecular weight is 457 g/mol. The molecule has 1 saturated heterocycles. The highest BCUT2D eigenvalue weighted by Crippen LogP contribution is 2.40. The molecule has 1 heterocycles. The Balaban J connectivity index is 1.05. The van der Waals surface area contributed by atoms with Gasteiger partial charge in [-0.3, -0.25) is 9.80 Å². The van der Waals surface area contributed by atoms with Gasteiger partial charge >= 0.3 is 0 Å². The predicted octanol–water partition coefficient (Wildman–Crippen LogP) is 6.79. The van der Waals surface area contributed by atoms with Crippen molar-refractivity contribution in [1.82, 2.24) is 9.80 Å². The first-order chi connectivity index (χ1) is 17.3. The standard InChI is InChI=1S/C33H32N2/c1-3-9-28-25(7-1)14-16-33(32-12-6-5-11-31(28)32)35-19-17-34(18-20-35)23-24-13-15-30-27(21-24)22-26-8-2-4-10-29(26)30/h1-2,4-8,10-16,21,33H,3,9,17-20,22-23H2. The van der Waals surface area contributed by atoms with E-state index in [9.17, 15) is 0 Å². The number of piperazine rings is 1. The molecule has 2 heteroatoms. The van der Waals surface area contributed by atoms with Gasteiger partial charge in [0.15, 0.2) is 0 Å². The lowest BCUT2D eigenvalue weighted by Crippen LogP contribution is -2.46. The fourth-order valence-electron chi connectivity index (χ4n) is 6.53. The molecular formula is C33H32N2. The molecule has 1 aliphatic heterocycles. The summed E-state index contributed by atoms with van der Waals surface area (Å²) >= 11 is 0. The Kier molecular flexibility index (Phi) is 5.30. The molecule has 3 aliphatic carbocycles. The van der Waals surface area contributed by atoms with Crippen LogP contribution in [0.15, 0.2) is 96.6 Å². The maximum Gasteiger partial charge on any atom is 0.0541 e. The van der Waals surface area contributed by atoms with Crippen molar-refractivity contribution in [1.29, 1.82) is 0 Å². The Labute approximate surface area is 208 Å². The van der Waals surface area contributed by atoms with E-state index in [2.05, 4.69) is 101 Å². The molecule has 0 spiro atoms. The third-order valence-electron chi connectivity index (χ3n) is 8.33. The molecule has 0 radical (unpaired) electrons. The lowest BCUT2D eigenvalue weighted by molar-refractivity contribution is 0.107. The summed E-state index contributed by atoms with van der Waals surface area (Å²) in [6.45, 7) is 5.52. The van der Waals surface area contributed by atoms with Crippen LogP contribution in [0.25, 0.3) is 16.7 Å². The zero-order valence-corrected chi connectivity index (χ0v) is 20.3. The van der Waals surface area contributed by atoms with Crippen molar-refractivity contribution in [2.45, 2.75) is 31.8 Å². The topological polar surface area (TPSA) is 6.48 Å². The third-order valence-corrected chi connectivity index (χ3v) is 8.33. The molecule has 1 unspecified atom stereocenters. The van der Waals surface area contributed by atoms with E-state index >= 15 is 0 Å². The molecule has 0 N–H and O–H groups in total. The Morgan fingerprint density at radius 1 is 0.743 bits per heavy atom. The van der Waals surface area contributed by atoms with Crippen molar-refractivity contribution in [3.8, 4) is 11.1 Å². The summed E-state index contributed by atoms with van der Waals surface area (Å²) in [4.78, 5) is 5.33. The van der Waals surface area contributed by atoms with E-state index in [0.29, 0.717) is 6.04 Å². The zero-order valence-electron chi connectivity index (χ0n) is 20.3. The number of fused-ring (bicyclic) bond motifs is 5. The molecule has 35 heavy (non-hydrogen) atoms. The molecule has 2 nitrogen and oxygen atoms in total. The Bertz CT molecular complexity index is 1370.